The van der Waals surface area contributed by atoms with E-state index >= 15 is 0 Å². The average molecular weight is 417 g/mol. The fourth-order valence-corrected chi connectivity index (χ4v) is 2.98. The second kappa shape index (κ2) is 25.4. The largest absolute Gasteiger partial charge is 0.207 e. The molecule has 0 heterocycles. The Morgan fingerprint density at radius 1 is 0.500 bits per heavy atom. The quantitative estimate of drug-likeness (QED) is 0.319. The van der Waals surface area contributed by atoms with E-state index in [2.05, 4.69) is 44.2 Å². The molecule has 0 aromatic heterocycles. The van der Waals surface area contributed by atoms with Crippen molar-refractivity contribution >= 4 is 0 Å². The van der Waals surface area contributed by atoms with Gasteiger partial charge in [0.25, 0.3) is 0 Å². The fourth-order valence-electron chi connectivity index (χ4n) is 2.98. The van der Waals surface area contributed by atoms with E-state index in [0.29, 0.717) is 0 Å². The second-order valence-corrected chi connectivity index (χ2v) is 7.09. The normalized spacial score (nSPS) is 9.30. The third-order valence-electron chi connectivity index (χ3n) is 4.64. The fraction of sp³-hybridized carbons (Fsp3) is 0.586. The zero-order chi connectivity index (χ0) is 22.9. The summed E-state index contributed by atoms with van der Waals surface area (Å²) in [5.41, 5.74) is 2.73. The van der Waals surface area contributed by atoms with E-state index in [9.17, 15) is 4.39 Å². The predicted octanol–water partition coefficient (Wildman–Crippen LogP) is 10.2. The summed E-state index contributed by atoms with van der Waals surface area (Å²) in [6.07, 6.45) is 14.3. The van der Waals surface area contributed by atoms with Crippen molar-refractivity contribution in [3.63, 3.8) is 0 Å². The van der Waals surface area contributed by atoms with Crippen LogP contribution in [0.15, 0.2) is 54.6 Å². The number of halogens is 1. The van der Waals surface area contributed by atoms with Crippen LogP contribution in [0.5, 0.6) is 0 Å². The van der Waals surface area contributed by atoms with E-state index in [1.807, 2.05) is 39.8 Å². The minimum atomic E-state index is -0.141. The van der Waals surface area contributed by atoms with Gasteiger partial charge in [0.1, 0.15) is 5.82 Å². The van der Waals surface area contributed by atoms with Crippen LogP contribution < -0.4 is 0 Å². The predicted molar refractivity (Wildman–Crippen MR) is 136 cm³/mol. The molecule has 0 nitrogen and oxygen atoms in total. The molecule has 0 spiro atoms. The van der Waals surface area contributed by atoms with Gasteiger partial charge in [0.2, 0.25) is 0 Å². The van der Waals surface area contributed by atoms with Gasteiger partial charge < -0.3 is 0 Å². The van der Waals surface area contributed by atoms with Crippen LogP contribution in [0.4, 0.5) is 4.39 Å². The molecule has 0 fully saturated rings. The summed E-state index contributed by atoms with van der Waals surface area (Å²) in [6, 6.07) is 17.6. The monoisotopic (exact) mass is 416 g/mol. The van der Waals surface area contributed by atoms with Gasteiger partial charge in [-0.2, -0.15) is 0 Å². The minimum absolute atomic E-state index is 0.141. The van der Waals surface area contributed by atoms with E-state index in [1.54, 1.807) is 0 Å². The SMILES string of the molecule is CC.CC.CCCCCCCc1ccccc1.CCCCCCc1ccc(F)cc1. The molecule has 0 radical (unpaired) electrons. The lowest BCUT2D eigenvalue weighted by Crippen LogP contribution is -1.85. The summed E-state index contributed by atoms with van der Waals surface area (Å²) in [6.45, 7) is 12.5. The molecule has 0 aliphatic rings. The van der Waals surface area contributed by atoms with Crippen molar-refractivity contribution < 1.29 is 4.39 Å². The number of hydrogen-bond acceptors (Lipinski definition) is 0. The zero-order valence-electron chi connectivity index (χ0n) is 20.9. The van der Waals surface area contributed by atoms with Crippen molar-refractivity contribution in [1.29, 1.82) is 0 Å². The van der Waals surface area contributed by atoms with Crippen LogP contribution in [0.2, 0.25) is 0 Å². The lowest BCUT2D eigenvalue weighted by Gasteiger charge is -2.00. The summed E-state index contributed by atoms with van der Waals surface area (Å²) >= 11 is 0. The molecule has 0 atom stereocenters. The Bertz CT molecular complexity index is 530. The smallest absolute Gasteiger partial charge is 0.123 e. The van der Waals surface area contributed by atoms with Crippen LogP contribution in [0, 0.1) is 5.82 Å². The van der Waals surface area contributed by atoms with Gasteiger partial charge in [-0.15, -0.1) is 0 Å². The van der Waals surface area contributed by atoms with Crippen molar-refractivity contribution in [3.8, 4) is 0 Å². The third-order valence-corrected chi connectivity index (χ3v) is 4.64. The third kappa shape index (κ3) is 19.7. The Kier molecular flexibility index (Phi) is 25.9. The van der Waals surface area contributed by atoms with E-state index in [0.717, 1.165) is 6.42 Å². The number of hydrogen-bond donors (Lipinski definition) is 0. The average Bonchev–Trinajstić information content (AvgIpc) is 2.82. The Labute approximate surface area is 188 Å². The van der Waals surface area contributed by atoms with Crippen molar-refractivity contribution in [2.75, 3.05) is 0 Å². The number of benzene rings is 2. The van der Waals surface area contributed by atoms with Gasteiger partial charge in [0, 0.05) is 0 Å². The van der Waals surface area contributed by atoms with Crippen LogP contribution in [-0.2, 0) is 12.8 Å². The van der Waals surface area contributed by atoms with Crippen LogP contribution >= 0.6 is 0 Å². The standard InChI is InChI=1S/C13H20.C12H17F.2C2H6/c1-2-3-4-5-7-10-13-11-8-6-9-12-13;1-2-3-4-5-6-11-7-9-12(13)10-8-11;2*1-2/h6,8-9,11-12H,2-5,7,10H2,1H3;7-10H,2-6H2,1H3;2*1-2H3. The Morgan fingerprint density at radius 2 is 0.900 bits per heavy atom. The maximum Gasteiger partial charge on any atom is 0.123 e. The minimum Gasteiger partial charge on any atom is -0.207 e. The number of unbranched alkanes of at least 4 members (excludes halogenated alkanes) is 7. The number of aryl methyl sites for hydroxylation is 2. The van der Waals surface area contributed by atoms with E-state index in [-0.39, 0.29) is 5.82 Å². The molecular formula is C29H49F. The van der Waals surface area contributed by atoms with Crippen molar-refractivity contribution in [1.82, 2.24) is 0 Å². The first-order valence-electron chi connectivity index (χ1n) is 12.5. The number of rotatable bonds is 11. The van der Waals surface area contributed by atoms with E-state index < -0.39 is 0 Å². The van der Waals surface area contributed by atoms with E-state index in [1.165, 1.54) is 87.5 Å². The van der Waals surface area contributed by atoms with Crippen molar-refractivity contribution in [2.45, 2.75) is 112 Å². The van der Waals surface area contributed by atoms with Gasteiger partial charge in [0.05, 0.1) is 0 Å². The second-order valence-electron chi connectivity index (χ2n) is 7.09. The molecule has 0 aliphatic heterocycles. The lowest BCUT2D eigenvalue weighted by atomic mass is 10.1. The molecule has 2 rings (SSSR count). The molecule has 0 N–H and O–H groups in total. The van der Waals surface area contributed by atoms with Crippen LogP contribution in [-0.4, -0.2) is 0 Å². The molecule has 1 heteroatoms. The zero-order valence-corrected chi connectivity index (χ0v) is 20.9. The first kappa shape index (κ1) is 30.6. The first-order chi connectivity index (χ1) is 14.8. The molecule has 2 aromatic carbocycles. The molecular weight excluding hydrogens is 367 g/mol. The summed E-state index contributed by atoms with van der Waals surface area (Å²) in [7, 11) is 0. The molecule has 30 heavy (non-hydrogen) atoms. The first-order valence-corrected chi connectivity index (χ1v) is 12.5. The lowest BCUT2D eigenvalue weighted by molar-refractivity contribution is 0.625. The highest BCUT2D eigenvalue weighted by Gasteiger charge is 1.94. The summed E-state index contributed by atoms with van der Waals surface area (Å²) in [5.74, 6) is -0.141. The Hall–Kier alpha value is -1.63. The van der Waals surface area contributed by atoms with Gasteiger partial charge in [-0.3, -0.25) is 0 Å². The highest BCUT2D eigenvalue weighted by atomic mass is 19.1. The summed E-state index contributed by atoms with van der Waals surface area (Å²) in [5, 5.41) is 0. The van der Waals surface area contributed by atoms with Gasteiger partial charge in [-0.1, -0.05) is 129 Å². The van der Waals surface area contributed by atoms with Crippen molar-refractivity contribution in [3.05, 3.63) is 71.5 Å². The van der Waals surface area contributed by atoms with Crippen LogP contribution in [0.3, 0.4) is 0 Å². The highest BCUT2D eigenvalue weighted by molar-refractivity contribution is 5.16. The summed E-state index contributed by atoms with van der Waals surface area (Å²) in [4.78, 5) is 0. The van der Waals surface area contributed by atoms with Gasteiger partial charge in [0.15, 0.2) is 0 Å². The highest BCUT2D eigenvalue weighted by Crippen LogP contribution is 2.09. The van der Waals surface area contributed by atoms with E-state index in [4.69, 9.17) is 0 Å². The maximum atomic E-state index is 12.5. The molecule has 2 aromatic rings. The molecule has 172 valence electrons. The molecule has 0 unspecified atom stereocenters. The molecule has 0 saturated carbocycles. The summed E-state index contributed by atoms with van der Waals surface area (Å²) < 4.78 is 12.5. The molecule has 0 aliphatic carbocycles. The van der Waals surface area contributed by atoms with Gasteiger partial charge in [-0.05, 0) is 48.9 Å². The molecule has 0 amide bonds. The Morgan fingerprint density at radius 3 is 1.37 bits per heavy atom. The maximum absolute atomic E-state index is 12.5. The Balaban J connectivity index is 0. The topological polar surface area (TPSA) is 0 Å². The molecule has 0 saturated heterocycles. The van der Waals surface area contributed by atoms with Crippen LogP contribution in [0.25, 0.3) is 0 Å². The van der Waals surface area contributed by atoms with Crippen molar-refractivity contribution in [2.24, 2.45) is 0 Å². The van der Waals surface area contributed by atoms with Gasteiger partial charge >= 0.3 is 0 Å². The van der Waals surface area contributed by atoms with Gasteiger partial charge in [-0.25, -0.2) is 4.39 Å². The van der Waals surface area contributed by atoms with Crippen LogP contribution in [0.1, 0.15) is 110 Å². The molecule has 0 bridgehead atoms.